The number of halogens is 2. The van der Waals surface area contributed by atoms with Crippen molar-refractivity contribution in [2.75, 3.05) is 33.0 Å². The first-order valence-electron chi connectivity index (χ1n) is 11.5. The van der Waals surface area contributed by atoms with Crippen molar-refractivity contribution in [2.24, 2.45) is 4.99 Å². The molecule has 0 spiro atoms. The zero-order chi connectivity index (χ0) is 25.7. The smallest absolute Gasteiger partial charge is 0.338 e. The SMILES string of the molecule is CCOC(=O)C1=CN(CN2CCOC(CCC(=O)O)C2)C(c2nccs2)=NC1c1ccc(F)cc1Br. The van der Waals surface area contributed by atoms with Crippen LogP contribution in [0.1, 0.15) is 36.4 Å². The molecule has 2 unspecified atom stereocenters. The number of hydrogen-bond acceptors (Lipinski definition) is 9. The fourth-order valence-corrected chi connectivity index (χ4v) is 5.32. The van der Waals surface area contributed by atoms with Crippen molar-refractivity contribution in [3.63, 3.8) is 0 Å². The van der Waals surface area contributed by atoms with Gasteiger partial charge in [-0.25, -0.2) is 14.2 Å². The van der Waals surface area contributed by atoms with Gasteiger partial charge in [-0.2, -0.15) is 0 Å². The zero-order valence-corrected chi connectivity index (χ0v) is 22.0. The number of hydrogen-bond donors (Lipinski definition) is 1. The van der Waals surface area contributed by atoms with Crippen molar-refractivity contribution in [1.29, 1.82) is 0 Å². The molecule has 3 heterocycles. The number of esters is 1. The van der Waals surface area contributed by atoms with E-state index in [1.54, 1.807) is 25.4 Å². The molecule has 1 aromatic carbocycles. The van der Waals surface area contributed by atoms with E-state index in [0.29, 0.717) is 59.2 Å². The number of thiazole rings is 1. The number of aliphatic imine (C=N–C) groups is 1. The van der Waals surface area contributed by atoms with E-state index >= 15 is 0 Å². The number of benzene rings is 1. The summed E-state index contributed by atoms with van der Waals surface area (Å²) in [4.78, 5) is 37.4. The second-order valence-electron chi connectivity index (χ2n) is 8.28. The van der Waals surface area contributed by atoms with E-state index in [9.17, 15) is 14.0 Å². The highest BCUT2D eigenvalue weighted by Gasteiger charge is 2.34. The summed E-state index contributed by atoms with van der Waals surface area (Å²) in [6, 6.07) is 3.56. The third kappa shape index (κ3) is 6.36. The minimum Gasteiger partial charge on any atom is -0.481 e. The summed E-state index contributed by atoms with van der Waals surface area (Å²) in [7, 11) is 0. The second kappa shape index (κ2) is 12.0. The number of ether oxygens (including phenoxy) is 2. The van der Waals surface area contributed by atoms with Gasteiger partial charge in [-0.15, -0.1) is 11.3 Å². The molecule has 1 aromatic heterocycles. The molecule has 1 saturated heterocycles. The highest BCUT2D eigenvalue weighted by atomic mass is 79.9. The normalized spacial score (nSPS) is 20.6. The first-order chi connectivity index (χ1) is 17.4. The summed E-state index contributed by atoms with van der Waals surface area (Å²) in [6.07, 6.45) is 3.67. The van der Waals surface area contributed by atoms with Crippen LogP contribution in [0.25, 0.3) is 0 Å². The zero-order valence-electron chi connectivity index (χ0n) is 19.6. The largest absolute Gasteiger partial charge is 0.481 e. The highest BCUT2D eigenvalue weighted by molar-refractivity contribution is 9.10. The van der Waals surface area contributed by atoms with Crippen LogP contribution in [-0.4, -0.2) is 76.7 Å². The first kappa shape index (κ1) is 26.4. The Morgan fingerprint density at radius 2 is 2.22 bits per heavy atom. The molecule has 4 rings (SSSR count). The van der Waals surface area contributed by atoms with Crippen LogP contribution >= 0.6 is 27.3 Å². The summed E-state index contributed by atoms with van der Waals surface area (Å²) >= 11 is 4.84. The molecule has 2 aliphatic heterocycles. The molecular weight excluding hydrogens is 555 g/mol. The number of carbonyl (C=O) groups excluding carboxylic acids is 1. The molecule has 192 valence electrons. The average Bonchev–Trinajstić information content (AvgIpc) is 3.38. The van der Waals surface area contributed by atoms with E-state index in [-0.39, 0.29) is 19.1 Å². The molecule has 2 aliphatic rings. The van der Waals surface area contributed by atoms with E-state index < -0.39 is 23.8 Å². The monoisotopic (exact) mass is 580 g/mol. The minimum absolute atomic E-state index is 0.0369. The van der Waals surface area contributed by atoms with E-state index in [4.69, 9.17) is 19.6 Å². The molecule has 0 saturated carbocycles. The van der Waals surface area contributed by atoms with Gasteiger partial charge in [0.15, 0.2) is 10.8 Å². The summed E-state index contributed by atoms with van der Waals surface area (Å²) < 4.78 is 25.4. The Kier molecular flexibility index (Phi) is 8.83. The molecule has 0 radical (unpaired) electrons. The highest BCUT2D eigenvalue weighted by Crippen LogP contribution is 2.37. The Bertz CT molecular complexity index is 1160. The summed E-state index contributed by atoms with van der Waals surface area (Å²) in [5.74, 6) is -1.19. The molecule has 2 atom stereocenters. The first-order valence-corrected chi connectivity index (χ1v) is 13.2. The Morgan fingerprint density at radius 1 is 1.39 bits per heavy atom. The Labute approximate surface area is 220 Å². The topological polar surface area (TPSA) is 105 Å². The average molecular weight is 581 g/mol. The molecule has 9 nitrogen and oxygen atoms in total. The maximum Gasteiger partial charge on any atom is 0.338 e. The van der Waals surface area contributed by atoms with Crippen molar-refractivity contribution in [2.45, 2.75) is 31.9 Å². The van der Waals surface area contributed by atoms with Gasteiger partial charge in [0.2, 0.25) is 0 Å². The van der Waals surface area contributed by atoms with Gasteiger partial charge in [-0.05, 0) is 31.0 Å². The predicted molar refractivity (Wildman–Crippen MR) is 135 cm³/mol. The maximum atomic E-state index is 13.8. The van der Waals surface area contributed by atoms with Gasteiger partial charge in [-0.3, -0.25) is 14.7 Å². The lowest BCUT2D eigenvalue weighted by Crippen LogP contribution is -2.48. The molecular formula is C24H26BrFN4O5S. The van der Waals surface area contributed by atoms with Crippen LogP contribution in [0.3, 0.4) is 0 Å². The van der Waals surface area contributed by atoms with Crippen LogP contribution in [0.5, 0.6) is 0 Å². The maximum absolute atomic E-state index is 13.8. The molecule has 1 N–H and O–H groups in total. The van der Waals surface area contributed by atoms with Gasteiger partial charge in [0, 0.05) is 41.8 Å². The minimum atomic E-state index is -0.857. The molecule has 36 heavy (non-hydrogen) atoms. The number of morpholine rings is 1. The van der Waals surface area contributed by atoms with Crippen molar-refractivity contribution in [1.82, 2.24) is 14.8 Å². The number of aromatic nitrogens is 1. The summed E-state index contributed by atoms with van der Waals surface area (Å²) in [5, 5.41) is 11.5. The Hall–Kier alpha value is -2.67. The fourth-order valence-electron chi connectivity index (χ4n) is 4.11. The quantitative estimate of drug-likeness (QED) is 0.446. The number of amidine groups is 1. The number of carboxylic acid groups (broad SMARTS) is 1. The lowest BCUT2D eigenvalue weighted by molar-refractivity contribution is -0.139. The van der Waals surface area contributed by atoms with Crippen LogP contribution in [-0.2, 0) is 19.1 Å². The molecule has 0 bridgehead atoms. The van der Waals surface area contributed by atoms with Gasteiger partial charge in [-0.1, -0.05) is 22.0 Å². The number of carbonyl (C=O) groups is 2. The fraction of sp³-hybridized carbons (Fsp3) is 0.417. The van der Waals surface area contributed by atoms with Gasteiger partial charge in [0.25, 0.3) is 0 Å². The van der Waals surface area contributed by atoms with E-state index in [1.807, 2.05) is 10.3 Å². The van der Waals surface area contributed by atoms with Gasteiger partial charge in [0.05, 0.1) is 31.6 Å². The summed E-state index contributed by atoms with van der Waals surface area (Å²) in [6.45, 7) is 3.99. The number of nitrogens with zero attached hydrogens (tertiary/aromatic N) is 4. The number of aliphatic carboxylic acids is 1. The van der Waals surface area contributed by atoms with Crippen LogP contribution < -0.4 is 0 Å². The van der Waals surface area contributed by atoms with Crippen LogP contribution in [0, 0.1) is 5.82 Å². The Morgan fingerprint density at radius 3 is 2.92 bits per heavy atom. The molecule has 2 aromatic rings. The number of carboxylic acids is 1. The standard InChI is InChI=1S/C24H26BrFN4O5S/c1-2-34-24(33)18-13-30(14-29-8-9-35-16(12-29)4-6-20(31)32)22(23-27-7-10-36-23)28-21(18)17-5-3-15(26)11-19(17)25/h3,5,7,10-11,13,16,21H,2,4,6,8-9,12,14H2,1H3,(H,31,32). The van der Waals surface area contributed by atoms with Crippen molar-refractivity contribution in [3.8, 4) is 0 Å². The van der Waals surface area contributed by atoms with Crippen molar-refractivity contribution < 1.29 is 28.6 Å². The van der Waals surface area contributed by atoms with Gasteiger partial charge in [0.1, 0.15) is 11.9 Å². The predicted octanol–water partition coefficient (Wildman–Crippen LogP) is 3.82. The van der Waals surface area contributed by atoms with Gasteiger partial charge < -0.3 is 19.5 Å². The third-order valence-corrected chi connectivity index (χ3v) is 7.22. The van der Waals surface area contributed by atoms with E-state index in [0.717, 1.165) is 0 Å². The van der Waals surface area contributed by atoms with Crippen LogP contribution in [0.4, 0.5) is 4.39 Å². The lowest BCUT2D eigenvalue weighted by Gasteiger charge is -2.38. The van der Waals surface area contributed by atoms with Gasteiger partial charge >= 0.3 is 11.9 Å². The third-order valence-electron chi connectivity index (χ3n) is 5.76. The lowest BCUT2D eigenvalue weighted by atomic mass is 9.98. The molecule has 0 amide bonds. The summed E-state index contributed by atoms with van der Waals surface area (Å²) in [5.41, 5.74) is 0.949. The van der Waals surface area contributed by atoms with Crippen LogP contribution in [0.2, 0.25) is 0 Å². The number of rotatable bonds is 9. The van der Waals surface area contributed by atoms with Crippen LogP contribution in [0.15, 0.2) is 51.0 Å². The van der Waals surface area contributed by atoms with E-state index in [2.05, 4.69) is 25.8 Å². The Balaban J connectivity index is 1.67. The van der Waals surface area contributed by atoms with Crippen molar-refractivity contribution >= 4 is 45.0 Å². The molecule has 12 heteroatoms. The molecule has 0 aliphatic carbocycles. The second-order valence-corrected chi connectivity index (χ2v) is 10.0. The van der Waals surface area contributed by atoms with E-state index in [1.165, 1.54) is 23.5 Å². The van der Waals surface area contributed by atoms with Crippen molar-refractivity contribution in [3.05, 3.63) is 62.4 Å². The molecule has 1 fully saturated rings.